The molecule has 0 saturated heterocycles. The Bertz CT molecular complexity index is 599. The maximum atomic E-state index is 12.6. The van der Waals surface area contributed by atoms with Crippen molar-refractivity contribution in [2.75, 3.05) is 24.3 Å². The van der Waals surface area contributed by atoms with Crippen LogP contribution in [0.1, 0.15) is 22.3 Å². The van der Waals surface area contributed by atoms with Crippen molar-refractivity contribution in [2.45, 2.75) is 19.0 Å². The van der Waals surface area contributed by atoms with E-state index in [1.165, 1.54) is 12.1 Å². The molecule has 2 rings (SSSR count). The van der Waals surface area contributed by atoms with Crippen LogP contribution < -0.4 is 10.6 Å². The Morgan fingerprint density at radius 2 is 2.05 bits per heavy atom. The Labute approximate surface area is 118 Å². The summed E-state index contributed by atoms with van der Waals surface area (Å²) < 4.78 is 42.4. The van der Waals surface area contributed by atoms with Crippen molar-refractivity contribution in [1.82, 2.24) is 0 Å². The molecule has 8 heteroatoms. The molecule has 0 bridgehead atoms. The van der Waals surface area contributed by atoms with E-state index in [-0.39, 0.29) is 29.8 Å². The number of rotatable bonds is 2. The Morgan fingerprint density at radius 1 is 1.38 bits per heavy atom. The number of ether oxygens (including phenoxy) is 1. The fraction of sp³-hybridized carbons (Fsp3) is 0.385. The normalized spacial score (nSPS) is 14.9. The predicted octanol–water partition coefficient (Wildman–Crippen LogP) is 1.90. The smallest absolute Gasteiger partial charge is 0.406 e. The Hall–Kier alpha value is -2.25. The largest absolute Gasteiger partial charge is 0.465 e. The molecular weight excluding hydrogens is 289 g/mol. The number of hydrogen-bond donors (Lipinski definition) is 1. The molecule has 1 heterocycles. The van der Waals surface area contributed by atoms with E-state index in [2.05, 4.69) is 4.74 Å². The van der Waals surface area contributed by atoms with E-state index in [1.54, 1.807) is 0 Å². The van der Waals surface area contributed by atoms with Gasteiger partial charge in [-0.2, -0.15) is 13.2 Å². The summed E-state index contributed by atoms with van der Waals surface area (Å²) in [5, 5.41) is 0. The number of anilines is 2. The minimum absolute atomic E-state index is 0.0228. The fourth-order valence-corrected chi connectivity index (χ4v) is 2.36. The van der Waals surface area contributed by atoms with Gasteiger partial charge in [-0.3, -0.25) is 4.79 Å². The van der Waals surface area contributed by atoms with Gasteiger partial charge in [0.1, 0.15) is 6.54 Å². The third-order valence-corrected chi connectivity index (χ3v) is 3.23. The molecular formula is C13H13F3N2O3. The van der Waals surface area contributed by atoms with Gasteiger partial charge in [0.05, 0.1) is 12.7 Å². The molecule has 2 N–H and O–H groups in total. The van der Waals surface area contributed by atoms with Crippen LogP contribution >= 0.6 is 0 Å². The number of alkyl halides is 3. The topological polar surface area (TPSA) is 72.6 Å². The molecule has 1 aliphatic rings. The highest BCUT2D eigenvalue weighted by Gasteiger charge is 2.37. The highest BCUT2D eigenvalue weighted by atomic mass is 19.4. The summed E-state index contributed by atoms with van der Waals surface area (Å²) in [7, 11) is 1.16. The molecule has 1 aromatic rings. The summed E-state index contributed by atoms with van der Waals surface area (Å²) in [6, 6.07) is 2.62. The zero-order valence-corrected chi connectivity index (χ0v) is 11.2. The highest BCUT2D eigenvalue weighted by molar-refractivity contribution is 6.03. The maximum absolute atomic E-state index is 12.6. The van der Waals surface area contributed by atoms with Gasteiger partial charge in [0.25, 0.3) is 0 Å². The quantitative estimate of drug-likeness (QED) is 0.669. The lowest BCUT2D eigenvalue weighted by Gasteiger charge is -2.31. The first kappa shape index (κ1) is 15.1. The molecule has 0 atom stereocenters. The van der Waals surface area contributed by atoms with Crippen molar-refractivity contribution < 1.29 is 27.5 Å². The van der Waals surface area contributed by atoms with Crippen LogP contribution in [0.2, 0.25) is 0 Å². The van der Waals surface area contributed by atoms with Crippen LogP contribution in [0.25, 0.3) is 0 Å². The molecule has 0 aliphatic carbocycles. The summed E-state index contributed by atoms with van der Waals surface area (Å²) in [6.07, 6.45) is -4.49. The molecule has 0 spiro atoms. The molecule has 0 aromatic heterocycles. The van der Waals surface area contributed by atoms with Gasteiger partial charge in [-0.15, -0.1) is 0 Å². The summed E-state index contributed by atoms with van der Waals surface area (Å²) in [4.78, 5) is 24.1. The van der Waals surface area contributed by atoms with Crippen LogP contribution in [0.15, 0.2) is 12.1 Å². The lowest BCUT2D eigenvalue weighted by Crippen LogP contribution is -2.42. The summed E-state index contributed by atoms with van der Waals surface area (Å²) in [5.74, 6) is -1.37. The molecule has 1 aliphatic heterocycles. The van der Waals surface area contributed by atoms with Crippen LogP contribution in [0.5, 0.6) is 0 Å². The van der Waals surface area contributed by atoms with Crippen molar-refractivity contribution in [2.24, 2.45) is 0 Å². The van der Waals surface area contributed by atoms with Crippen LogP contribution in [0.3, 0.4) is 0 Å². The van der Waals surface area contributed by atoms with Crippen LogP contribution in [-0.4, -0.2) is 31.7 Å². The Kier molecular flexibility index (Phi) is 3.80. The van der Waals surface area contributed by atoms with Crippen LogP contribution in [-0.2, 0) is 16.0 Å². The summed E-state index contributed by atoms with van der Waals surface area (Å²) in [5.41, 5.74) is 6.20. The lowest BCUT2D eigenvalue weighted by atomic mass is 9.94. The van der Waals surface area contributed by atoms with E-state index in [0.717, 1.165) is 7.11 Å². The zero-order chi connectivity index (χ0) is 15.8. The Balaban J connectivity index is 2.54. The minimum Gasteiger partial charge on any atom is -0.465 e. The van der Waals surface area contributed by atoms with E-state index >= 15 is 0 Å². The molecule has 5 nitrogen and oxygen atoms in total. The number of fused-ring (bicyclic) bond motifs is 1. The van der Waals surface area contributed by atoms with Gasteiger partial charge in [-0.25, -0.2) is 4.79 Å². The van der Waals surface area contributed by atoms with Gasteiger partial charge in [0.2, 0.25) is 5.91 Å². The van der Waals surface area contributed by atoms with Gasteiger partial charge in [0, 0.05) is 17.8 Å². The summed E-state index contributed by atoms with van der Waals surface area (Å²) >= 11 is 0. The maximum Gasteiger partial charge on any atom is 0.406 e. The second-order valence-electron chi connectivity index (χ2n) is 4.61. The minimum atomic E-state index is -4.53. The average molecular weight is 302 g/mol. The molecule has 114 valence electrons. The van der Waals surface area contributed by atoms with Gasteiger partial charge in [0.15, 0.2) is 0 Å². The van der Waals surface area contributed by atoms with Crippen molar-refractivity contribution in [3.05, 3.63) is 23.3 Å². The van der Waals surface area contributed by atoms with Gasteiger partial charge < -0.3 is 15.4 Å². The molecule has 0 fully saturated rings. The number of carbonyl (C=O) groups excluding carboxylic acids is 2. The first-order chi connectivity index (χ1) is 9.74. The second kappa shape index (κ2) is 5.27. The SMILES string of the molecule is COC(=O)c1c(N)ccc2c1CCC(=O)N2CC(F)(F)F. The standard InChI is InChI=1S/C13H13F3N2O3/c1-21-12(20)11-7-2-5-10(19)18(6-13(14,15)16)9(7)4-3-8(11)17/h3-4H,2,5-6,17H2,1H3. The highest BCUT2D eigenvalue weighted by Crippen LogP contribution is 2.35. The number of hydrogen-bond acceptors (Lipinski definition) is 4. The first-order valence-electron chi connectivity index (χ1n) is 6.11. The number of esters is 1. The fourth-order valence-electron chi connectivity index (χ4n) is 2.36. The van der Waals surface area contributed by atoms with E-state index < -0.39 is 24.6 Å². The van der Waals surface area contributed by atoms with Crippen LogP contribution in [0.4, 0.5) is 24.5 Å². The second-order valence-corrected chi connectivity index (χ2v) is 4.61. The third kappa shape index (κ3) is 2.93. The van der Waals surface area contributed by atoms with E-state index in [0.29, 0.717) is 10.5 Å². The lowest BCUT2D eigenvalue weighted by molar-refractivity contribution is -0.132. The summed E-state index contributed by atoms with van der Waals surface area (Å²) in [6.45, 7) is -1.40. The van der Waals surface area contributed by atoms with Crippen molar-refractivity contribution in [3.8, 4) is 0 Å². The van der Waals surface area contributed by atoms with Gasteiger partial charge >= 0.3 is 12.1 Å². The van der Waals surface area contributed by atoms with E-state index in [4.69, 9.17) is 5.73 Å². The van der Waals surface area contributed by atoms with E-state index in [1.807, 2.05) is 0 Å². The van der Waals surface area contributed by atoms with Gasteiger partial charge in [-0.1, -0.05) is 0 Å². The molecule has 0 radical (unpaired) electrons. The number of halogens is 3. The monoisotopic (exact) mass is 302 g/mol. The zero-order valence-electron chi connectivity index (χ0n) is 11.2. The predicted molar refractivity (Wildman–Crippen MR) is 68.9 cm³/mol. The molecule has 1 aromatic carbocycles. The third-order valence-electron chi connectivity index (χ3n) is 3.23. The number of carbonyl (C=O) groups is 2. The van der Waals surface area contributed by atoms with Gasteiger partial charge in [-0.05, 0) is 24.1 Å². The number of nitrogens with zero attached hydrogens (tertiary/aromatic N) is 1. The van der Waals surface area contributed by atoms with Crippen LogP contribution in [0, 0.1) is 0 Å². The average Bonchev–Trinajstić information content (AvgIpc) is 2.39. The van der Waals surface area contributed by atoms with E-state index in [9.17, 15) is 22.8 Å². The van der Waals surface area contributed by atoms with Crippen molar-refractivity contribution >= 4 is 23.3 Å². The molecule has 0 unspecified atom stereocenters. The number of amides is 1. The first-order valence-corrected chi connectivity index (χ1v) is 6.11. The number of nitrogen functional groups attached to an aromatic ring is 1. The number of nitrogens with two attached hydrogens (primary N) is 1. The van der Waals surface area contributed by atoms with Crippen molar-refractivity contribution in [3.63, 3.8) is 0 Å². The number of methoxy groups -OCH3 is 1. The Morgan fingerprint density at radius 3 is 2.62 bits per heavy atom. The molecule has 1 amide bonds. The van der Waals surface area contributed by atoms with Crippen molar-refractivity contribution in [1.29, 1.82) is 0 Å². The number of benzene rings is 1. The molecule has 0 saturated carbocycles. The molecule has 21 heavy (non-hydrogen) atoms.